The molecule has 0 aliphatic carbocycles. The van der Waals surface area contributed by atoms with Crippen LogP contribution >= 0.6 is 22.7 Å². The highest BCUT2D eigenvalue weighted by atomic mass is 32.1. The third kappa shape index (κ3) is 3.65. The van der Waals surface area contributed by atoms with E-state index < -0.39 is 0 Å². The Morgan fingerprint density at radius 2 is 1.78 bits per heavy atom. The maximum atomic E-state index is 8.95. The van der Waals surface area contributed by atoms with Crippen LogP contribution in [0.5, 0.6) is 0 Å². The van der Waals surface area contributed by atoms with Crippen LogP contribution in [0.2, 0.25) is 0 Å². The van der Waals surface area contributed by atoms with Crippen LogP contribution in [0, 0.1) is 5.92 Å². The van der Waals surface area contributed by atoms with Crippen molar-refractivity contribution in [3.05, 3.63) is 44.8 Å². The molecular weight excluding hydrogens is 262 g/mol. The Kier molecular flexibility index (Phi) is 5.38. The van der Waals surface area contributed by atoms with Crippen LogP contribution in [0.1, 0.15) is 29.1 Å². The number of hydrogen-bond donors (Lipinski definition) is 2. The first kappa shape index (κ1) is 13.7. The van der Waals surface area contributed by atoms with E-state index in [2.05, 4.69) is 47.3 Å². The zero-order valence-electron chi connectivity index (χ0n) is 10.5. The van der Waals surface area contributed by atoms with Crippen molar-refractivity contribution in [1.29, 1.82) is 0 Å². The van der Waals surface area contributed by atoms with Gasteiger partial charge in [-0.3, -0.25) is 0 Å². The number of nitrogens with one attached hydrogen (secondary N) is 1. The van der Waals surface area contributed by atoms with Gasteiger partial charge in [0.2, 0.25) is 0 Å². The molecule has 0 saturated carbocycles. The molecule has 0 aromatic carbocycles. The van der Waals surface area contributed by atoms with Crippen molar-refractivity contribution in [3.63, 3.8) is 0 Å². The van der Waals surface area contributed by atoms with Gasteiger partial charge in [-0.15, -0.1) is 22.7 Å². The summed E-state index contributed by atoms with van der Waals surface area (Å²) < 4.78 is 0. The van der Waals surface area contributed by atoms with Crippen molar-refractivity contribution < 1.29 is 5.11 Å². The van der Waals surface area contributed by atoms with Crippen molar-refractivity contribution in [2.24, 2.45) is 5.92 Å². The lowest BCUT2D eigenvalue weighted by Gasteiger charge is -2.19. The zero-order chi connectivity index (χ0) is 12.8. The van der Waals surface area contributed by atoms with Gasteiger partial charge in [0.05, 0.1) is 6.04 Å². The molecule has 0 bridgehead atoms. The quantitative estimate of drug-likeness (QED) is 0.814. The van der Waals surface area contributed by atoms with E-state index in [0.717, 1.165) is 13.0 Å². The lowest BCUT2D eigenvalue weighted by molar-refractivity contribution is 0.259. The molecule has 18 heavy (non-hydrogen) atoms. The molecule has 2 aromatic rings. The molecule has 2 aromatic heterocycles. The summed E-state index contributed by atoms with van der Waals surface area (Å²) >= 11 is 3.58. The Morgan fingerprint density at radius 1 is 1.17 bits per heavy atom. The fraction of sp³-hybridized carbons (Fsp3) is 0.429. The van der Waals surface area contributed by atoms with Gasteiger partial charge in [0.15, 0.2) is 0 Å². The van der Waals surface area contributed by atoms with Gasteiger partial charge in [-0.1, -0.05) is 19.1 Å². The number of hydrogen-bond acceptors (Lipinski definition) is 4. The topological polar surface area (TPSA) is 32.3 Å². The van der Waals surface area contributed by atoms with Crippen molar-refractivity contribution in [2.45, 2.75) is 19.4 Å². The highest BCUT2D eigenvalue weighted by molar-refractivity contribution is 7.11. The Morgan fingerprint density at radius 3 is 2.22 bits per heavy atom. The highest BCUT2D eigenvalue weighted by Gasteiger charge is 2.16. The molecule has 0 fully saturated rings. The summed E-state index contributed by atoms with van der Waals surface area (Å²) in [4.78, 5) is 2.71. The first-order valence-corrected chi connectivity index (χ1v) is 7.98. The van der Waals surface area contributed by atoms with Crippen LogP contribution < -0.4 is 5.32 Å². The molecular formula is C14H19NOS2. The molecule has 0 saturated heterocycles. The Labute approximate surface area is 116 Å². The lowest BCUT2D eigenvalue weighted by atomic mass is 10.1. The third-order valence-electron chi connectivity index (χ3n) is 2.95. The molecule has 0 aliphatic heterocycles. The summed E-state index contributed by atoms with van der Waals surface area (Å²) in [6.07, 6.45) is 0.856. The van der Waals surface area contributed by atoms with Crippen LogP contribution in [0.15, 0.2) is 35.0 Å². The van der Waals surface area contributed by atoms with Crippen LogP contribution in [-0.2, 0) is 0 Å². The summed E-state index contributed by atoms with van der Waals surface area (Å²) in [5, 5.41) is 16.8. The van der Waals surface area contributed by atoms with E-state index in [1.54, 1.807) is 22.7 Å². The molecule has 1 atom stereocenters. The third-order valence-corrected chi connectivity index (χ3v) is 4.82. The largest absolute Gasteiger partial charge is 0.396 e. The Hall–Kier alpha value is -0.680. The second-order valence-electron chi connectivity index (χ2n) is 4.49. The lowest BCUT2D eigenvalue weighted by Crippen LogP contribution is -2.26. The van der Waals surface area contributed by atoms with Crippen LogP contribution in [0.3, 0.4) is 0 Å². The molecule has 2 nitrogen and oxygen atoms in total. The molecule has 4 heteroatoms. The monoisotopic (exact) mass is 281 g/mol. The maximum absolute atomic E-state index is 8.95. The first-order valence-electron chi connectivity index (χ1n) is 6.22. The van der Waals surface area contributed by atoms with Crippen LogP contribution in [0.25, 0.3) is 0 Å². The van der Waals surface area contributed by atoms with Crippen molar-refractivity contribution >= 4 is 22.7 Å². The maximum Gasteiger partial charge on any atom is 0.0764 e. The molecule has 0 aliphatic rings. The molecule has 2 rings (SSSR count). The minimum absolute atomic E-state index is 0.269. The van der Waals surface area contributed by atoms with Crippen molar-refractivity contribution in [2.75, 3.05) is 13.2 Å². The minimum atomic E-state index is 0.269. The van der Waals surface area contributed by atoms with Crippen LogP contribution in [-0.4, -0.2) is 18.3 Å². The van der Waals surface area contributed by atoms with Gasteiger partial charge in [0, 0.05) is 16.4 Å². The van der Waals surface area contributed by atoms with E-state index >= 15 is 0 Å². The molecule has 1 unspecified atom stereocenters. The normalized spacial score (nSPS) is 13.1. The van der Waals surface area contributed by atoms with E-state index in [1.165, 1.54) is 9.75 Å². The summed E-state index contributed by atoms with van der Waals surface area (Å²) in [7, 11) is 0. The summed E-state index contributed by atoms with van der Waals surface area (Å²) in [5.41, 5.74) is 0. The standard InChI is InChI=1S/C14H19NOS2/c1-11(6-7-16)10-15-14(12-4-2-8-17-12)13-5-3-9-18-13/h2-5,8-9,11,14-16H,6-7,10H2,1H3. The van der Waals surface area contributed by atoms with E-state index in [4.69, 9.17) is 5.11 Å². The SMILES string of the molecule is CC(CCO)CNC(c1cccs1)c1cccs1. The van der Waals surface area contributed by atoms with E-state index in [1.807, 2.05) is 0 Å². The Bertz CT molecular complexity index is 390. The zero-order valence-corrected chi connectivity index (χ0v) is 12.1. The average molecular weight is 281 g/mol. The highest BCUT2D eigenvalue weighted by Crippen LogP contribution is 2.29. The van der Waals surface area contributed by atoms with Crippen LogP contribution in [0.4, 0.5) is 0 Å². The smallest absolute Gasteiger partial charge is 0.0764 e. The van der Waals surface area contributed by atoms with Gasteiger partial charge in [0.1, 0.15) is 0 Å². The van der Waals surface area contributed by atoms with Gasteiger partial charge >= 0.3 is 0 Å². The molecule has 0 spiro atoms. The number of aliphatic hydroxyl groups excluding tert-OH is 1. The summed E-state index contributed by atoms with van der Waals surface area (Å²) in [6, 6.07) is 8.85. The fourth-order valence-corrected chi connectivity index (χ4v) is 3.60. The first-order chi connectivity index (χ1) is 8.81. The van der Waals surface area contributed by atoms with Gasteiger partial charge in [-0.25, -0.2) is 0 Å². The average Bonchev–Trinajstić information content (AvgIpc) is 3.02. The van der Waals surface area contributed by atoms with Gasteiger partial charge < -0.3 is 10.4 Å². The van der Waals surface area contributed by atoms with Crippen molar-refractivity contribution in [1.82, 2.24) is 5.32 Å². The Balaban J connectivity index is 2.02. The minimum Gasteiger partial charge on any atom is -0.396 e. The predicted octanol–water partition coefficient (Wildman–Crippen LogP) is 3.51. The molecule has 98 valence electrons. The number of rotatable bonds is 7. The van der Waals surface area contributed by atoms with Gasteiger partial charge in [0.25, 0.3) is 0 Å². The number of thiophene rings is 2. The van der Waals surface area contributed by atoms with E-state index in [-0.39, 0.29) is 6.61 Å². The summed E-state index contributed by atoms with van der Waals surface area (Å²) in [5.74, 6) is 0.498. The molecule has 2 N–H and O–H groups in total. The molecule has 2 heterocycles. The summed E-state index contributed by atoms with van der Waals surface area (Å²) in [6.45, 7) is 3.37. The van der Waals surface area contributed by atoms with Crippen molar-refractivity contribution in [3.8, 4) is 0 Å². The number of aliphatic hydroxyl groups is 1. The van der Waals surface area contributed by atoms with Gasteiger partial charge in [-0.05, 0) is 41.8 Å². The van der Waals surface area contributed by atoms with E-state index in [9.17, 15) is 0 Å². The van der Waals surface area contributed by atoms with E-state index in [0.29, 0.717) is 12.0 Å². The predicted molar refractivity (Wildman–Crippen MR) is 79.4 cm³/mol. The second-order valence-corrected chi connectivity index (χ2v) is 6.45. The van der Waals surface area contributed by atoms with Gasteiger partial charge in [-0.2, -0.15) is 0 Å². The molecule has 0 amide bonds. The fourth-order valence-electron chi connectivity index (χ4n) is 1.89. The molecule has 0 radical (unpaired) electrons. The second kappa shape index (κ2) is 7.04.